The molecule has 5 heteroatoms. The molecule has 3 heterocycles. The summed E-state index contributed by atoms with van der Waals surface area (Å²) in [5, 5.41) is 3.29. The van der Waals surface area contributed by atoms with E-state index in [1.807, 2.05) is 0 Å². The predicted octanol–water partition coefficient (Wildman–Crippen LogP) is 2.16. The van der Waals surface area contributed by atoms with Crippen molar-refractivity contribution in [3.8, 4) is 0 Å². The first-order chi connectivity index (χ1) is 8.35. The predicted molar refractivity (Wildman–Crippen MR) is 71.5 cm³/mol. The van der Waals surface area contributed by atoms with Gasteiger partial charge in [-0.15, -0.1) is 22.9 Å². The van der Waals surface area contributed by atoms with Crippen molar-refractivity contribution in [3.05, 3.63) is 16.1 Å². The topological polar surface area (TPSA) is 19.4 Å². The van der Waals surface area contributed by atoms with Crippen LogP contribution in [0.5, 0.6) is 0 Å². The summed E-state index contributed by atoms with van der Waals surface area (Å²) in [4.78, 5) is 9.73. The molecular formula is C12H18ClN3S. The standard InChI is InChI=1S/C12H18ClN3S/c13-6-10-9-17-12(14-10)8-15-4-5-16-3-1-2-11(16)7-15/h9,11H,1-8H2. The first-order valence-electron chi connectivity index (χ1n) is 6.31. The van der Waals surface area contributed by atoms with E-state index < -0.39 is 0 Å². The zero-order chi connectivity index (χ0) is 11.7. The third-order valence-corrected chi connectivity index (χ3v) is 4.92. The molecule has 0 radical (unpaired) electrons. The van der Waals surface area contributed by atoms with Gasteiger partial charge >= 0.3 is 0 Å². The molecule has 1 atom stereocenters. The molecule has 94 valence electrons. The van der Waals surface area contributed by atoms with Gasteiger partial charge in [0.2, 0.25) is 0 Å². The molecule has 3 nitrogen and oxygen atoms in total. The molecule has 0 amide bonds. The van der Waals surface area contributed by atoms with E-state index in [4.69, 9.17) is 11.6 Å². The summed E-state index contributed by atoms with van der Waals surface area (Å²) in [6.45, 7) is 5.96. The molecule has 1 aromatic heterocycles. The number of thiazole rings is 1. The molecule has 17 heavy (non-hydrogen) atoms. The quantitative estimate of drug-likeness (QED) is 0.786. The Hall–Kier alpha value is -0.160. The highest BCUT2D eigenvalue weighted by Gasteiger charge is 2.30. The monoisotopic (exact) mass is 271 g/mol. The van der Waals surface area contributed by atoms with Gasteiger partial charge in [-0.25, -0.2) is 4.98 Å². The Morgan fingerprint density at radius 1 is 1.41 bits per heavy atom. The van der Waals surface area contributed by atoms with Gasteiger partial charge < -0.3 is 0 Å². The zero-order valence-corrected chi connectivity index (χ0v) is 11.5. The van der Waals surface area contributed by atoms with Crippen LogP contribution >= 0.6 is 22.9 Å². The van der Waals surface area contributed by atoms with Crippen molar-refractivity contribution in [1.82, 2.24) is 14.8 Å². The average Bonchev–Trinajstić information content (AvgIpc) is 2.96. The maximum atomic E-state index is 5.78. The van der Waals surface area contributed by atoms with Crippen molar-refractivity contribution in [2.24, 2.45) is 0 Å². The number of piperazine rings is 1. The highest BCUT2D eigenvalue weighted by molar-refractivity contribution is 7.09. The van der Waals surface area contributed by atoms with E-state index in [0.29, 0.717) is 5.88 Å². The van der Waals surface area contributed by atoms with Crippen LogP contribution in [0.2, 0.25) is 0 Å². The molecule has 2 aliphatic rings. The van der Waals surface area contributed by atoms with Crippen molar-refractivity contribution >= 4 is 22.9 Å². The lowest BCUT2D eigenvalue weighted by molar-refractivity contribution is 0.0993. The van der Waals surface area contributed by atoms with E-state index in [-0.39, 0.29) is 0 Å². The minimum Gasteiger partial charge on any atom is -0.298 e. The maximum absolute atomic E-state index is 5.78. The van der Waals surface area contributed by atoms with Gasteiger partial charge in [-0.2, -0.15) is 0 Å². The molecule has 1 aromatic rings. The van der Waals surface area contributed by atoms with Crippen LogP contribution in [0.25, 0.3) is 0 Å². The highest BCUT2D eigenvalue weighted by Crippen LogP contribution is 2.23. The van der Waals surface area contributed by atoms with Gasteiger partial charge in [0.05, 0.1) is 18.1 Å². The van der Waals surface area contributed by atoms with Crippen molar-refractivity contribution < 1.29 is 0 Å². The largest absolute Gasteiger partial charge is 0.298 e. The summed E-state index contributed by atoms with van der Waals surface area (Å²) in [6, 6.07) is 0.802. The van der Waals surface area contributed by atoms with Gasteiger partial charge in [-0.05, 0) is 19.4 Å². The number of hydrogen-bond donors (Lipinski definition) is 0. The average molecular weight is 272 g/mol. The van der Waals surface area contributed by atoms with Crippen LogP contribution in [0.3, 0.4) is 0 Å². The van der Waals surface area contributed by atoms with E-state index in [9.17, 15) is 0 Å². The van der Waals surface area contributed by atoms with Crippen molar-refractivity contribution in [1.29, 1.82) is 0 Å². The molecule has 0 saturated carbocycles. The summed E-state index contributed by atoms with van der Waals surface area (Å²) < 4.78 is 0. The molecular weight excluding hydrogens is 254 g/mol. The number of aromatic nitrogens is 1. The SMILES string of the molecule is ClCc1csc(CN2CCN3CCCC3C2)n1. The fourth-order valence-corrected chi connectivity index (χ4v) is 3.94. The molecule has 0 aliphatic carbocycles. The molecule has 2 aliphatic heterocycles. The lowest BCUT2D eigenvalue weighted by Gasteiger charge is -2.37. The Kier molecular flexibility index (Phi) is 3.66. The van der Waals surface area contributed by atoms with Gasteiger partial charge in [0, 0.05) is 31.1 Å². The second-order valence-corrected chi connectivity index (χ2v) is 6.14. The van der Waals surface area contributed by atoms with Crippen LogP contribution in [-0.2, 0) is 12.4 Å². The Bertz CT molecular complexity index is 382. The summed E-state index contributed by atoms with van der Waals surface area (Å²) in [5.41, 5.74) is 1.02. The summed E-state index contributed by atoms with van der Waals surface area (Å²) in [5.74, 6) is 0.535. The minimum absolute atomic E-state index is 0.535. The number of nitrogens with zero attached hydrogens (tertiary/aromatic N) is 3. The van der Waals surface area contributed by atoms with E-state index in [0.717, 1.165) is 18.3 Å². The number of halogens is 1. The molecule has 0 spiro atoms. The summed E-state index contributed by atoms with van der Waals surface area (Å²) >= 11 is 7.52. The van der Waals surface area contributed by atoms with Crippen LogP contribution in [0.1, 0.15) is 23.5 Å². The molecule has 0 bridgehead atoms. The molecule has 3 rings (SSSR count). The number of alkyl halides is 1. The van der Waals surface area contributed by atoms with Crippen LogP contribution in [-0.4, -0.2) is 47.0 Å². The van der Waals surface area contributed by atoms with E-state index in [1.165, 1.54) is 44.0 Å². The van der Waals surface area contributed by atoms with Crippen molar-refractivity contribution in [3.63, 3.8) is 0 Å². The van der Waals surface area contributed by atoms with Gasteiger partial charge in [0.15, 0.2) is 0 Å². The second kappa shape index (κ2) is 5.22. The smallest absolute Gasteiger partial charge is 0.107 e. The van der Waals surface area contributed by atoms with Crippen LogP contribution in [0.4, 0.5) is 0 Å². The summed E-state index contributed by atoms with van der Waals surface area (Å²) in [7, 11) is 0. The van der Waals surface area contributed by atoms with Gasteiger partial charge in [-0.1, -0.05) is 0 Å². The van der Waals surface area contributed by atoms with Crippen molar-refractivity contribution in [2.45, 2.75) is 31.3 Å². The maximum Gasteiger partial charge on any atom is 0.107 e. The highest BCUT2D eigenvalue weighted by atomic mass is 35.5. The second-order valence-electron chi connectivity index (χ2n) is 4.93. The van der Waals surface area contributed by atoms with Crippen LogP contribution in [0.15, 0.2) is 5.38 Å². The van der Waals surface area contributed by atoms with E-state index in [2.05, 4.69) is 20.2 Å². The molecule has 1 unspecified atom stereocenters. The fourth-order valence-electron chi connectivity index (χ4n) is 2.87. The lowest BCUT2D eigenvalue weighted by Crippen LogP contribution is -2.49. The Morgan fingerprint density at radius 2 is 2.35 bits per heavy atom. The van der Waals surface area contributed by atoms with Crippen molar-refractivity contribution in [2.75, 3.05) is 26.2 Å². The zero-order valence-electron chi connectivity index (χ0n) is 9.94. The van der Waals surface area contributed by atoms with Crippen LogP contribution in [0, 0.1) is 0 Å². The number of rotatable bonds is 3. The molecule has 2 fully saturated rings. The minimum atomic E-state index is 0.535. The normalized spacial score (nSPS) is 26.3. The van der Waals surface area contributed by atoms with E-state index in [1.54, 1.807) is 11.3 Å². The Balaban J connectivity index is 1.58. The molecule has 2 saturated heterocycles. The van der Waals surface area contributed by atoms with Gasteiger partial charge in [0.1, 0.15) is 5.01 Å². The first-order valence-corrected chi connectivity index (χ1v) is 7.72. The van der Waals surface area contributed by atoms with E-state index >= 15 is 0 Å². The number of fused-ring (bicyclic) bond motifs is 1. The molecule has 0 aromatic carbocycles. The number of hydrogen-bond acceptors (Lipinski definition) is 4. The molecule has 0 N–H and O–H groups in total. The Morgan fingerprint density at radius 3 is 3.18 bits per heavy atom. The van der Waals surface area contributed by atoms with Crippen LogP contribution < -0.4 is 0 Å². The third-order valence-electron chi connectivity index (χ3n) is 3.77. The lowest BCUT2D eigenvalue weighted by atomic mass is 10.1. The van der Waals surface area contributed by atoms with Gasteiger partial charge in [0.25, 0.3) is 0 Å². The fraction of sp³-hybridized carbons (Fsp3) is 0.750. The summed E-state index contributed by atoms with van der Waals surface area (Å²) in [6.07, 6.45) is 2.76. The van der Waals surface area contributed by atoms with Gasteiger partial charge in [-0.3, -0.25) is 9.80 Å². The first kappa shape index (κ1) is 11.9. The third kappa shape index (κ3) is 2.65. The Labute approximate surface area is 111 Å².